The molecular weight excluding hydrogens is 176 g/mol. The van der Waals surface area contributed by atoms with Crippen LogP contribution in [0.5, 0.6) is 0 Å². The number of rotatable bonds is 3. The average molecular weight is 186 g/mol. The molecule has 0 aromatic rings. The largest absolute Gasteiger partial charge is 0.478 e. The van der Waals surface area contributed by atoms with Gasteiger partial charge in [-0.3, -0.25) is 0 Å². The summed E-state index contributed by atoms with van der Waals surface area (Å²) in [5.41, 5.74) is -0.176. The average Bonchev–Trinajstić information content (AvgIpc) is 2.50. The minimum absolute atomic E-state index is 0.176. The van der Waals surface area contributed by atoms with E-state index < -0.39 is 18.0 Å². The second-order valence-electron chi connectivity index (χ2n) is 2.74. The Balaban J connectivity index is 2.78. The fourth-order valence-corrected chi connectivity index (χ4v) is 1.25. The van der Waals surface area contributed by atoms with Crippen molar-refractivity contribution >= 4 is 11.9 Å². The van der Waals surface area contributed by atoms with Gasteiger partial charge in [0.2, 0.25) is 0 Å². The molecule has 0 spiro atoms. The smallest absolute Gasteiger partial charge is 0.334 e. The van der Waals surface area contributed by atoms with Gasteiger partial charge >= 0.3 is 11.9 Å². The molecule has 0 amide bonds. The molecule has 5 nitrogen and oxygen atoms in total. The fourth-order valence-electron chi connectivity index (χ4n) is 1.25. The first kappa shape index (κ1) is 9.73. The highest BCUT2D eigenvalue weighted by molar-refractivity contribution is 5.95. The Hall–Kier alpha value is -1.36. The maximum atomic E-state index is 10.6. The molecule has 1 unspecified atom stereocenters. The molecule has 1 aliphatic heterocycles. The van der Waals surface area contributed by atoms with Crippen LogP contribution in [0, 0.1) is 0 Å². The van der Waals surface area contributed by atoms with Crippen LogP contribution in [0.4, 0.5) is 0 Å². The Kier molecular flexibility index (Phi) is 3.02. The van der Waals surface area contributed by atoms with Gasteiger partial charge in [0.05, 0.1) is 11.7 Å². The van der Waals surface area contributed by atoms with Gasteiger partial charge in [-0.25, -0.2) is 9.59 Å². The van der Waals surface area contributed by atoms with Crippen LogP contribution in [-0.2, 0) is 14.3 Å². The quantitative estimate of drug-likeness (QED) is 0.617. The SMILES string of the molecule is O=C(O)/C=C(/C(=O)O)C1CCCO1. The van der Waals surface area contributed by atoms with Crippen molar-refractivity contribution in [1.29, 1.82) is 0 Å². The van der Waals surface area contributed by atoms with E-state index in [0.29, 0.717) is 19.1 Å². The number of aliphatic carboxylic acids is 2. The molecule has 13 heavy (non-hydrogen) atoms. The second-order valence-corrected chi connectivity index (χ2v) is 2.74. The normalized spacial score (nSPS) is 23.1. The summed E-state index contributed by atoms with van der Waals surface area (Å²) >= 11 is 0. The first-order valence-corrected chi connectivity index (χ1v) is 3.90. The molecular formula is C8H10O5. The number of hydrogen-bond acceptors (Lipinski definition) is 3. The van der Waals surface area contributed by atoms with Gasteiger partial charge < -0.3 is 14.9 Å². The molecule has 1 heterocycles. The van der Waals surface area contributed by atoms with Crippen molar-refractivity contribution in [1.82, 2.24) is 0 Å². The van der Waals surface area contributed by atoms with Crippen molar-refractivity contribution in [2.24, 2.45) is 0 Å². The summed E-state index contributed by atoms with van der Waals surface area (Å²) in [7, 11) is 0. The lowest BCUT2D eigenvalue weighted by atomic mass is 10.1. The molecule has 0 aromatic heterocycles. The molecule has 0 aromatic carbocycles. The number of hydrogen-bond donors (Lipinski definition) is 2. The van der Waals surface area contributed by atoms with Gasteiger partial charge in [-0.1, -0.05) is 0 Å². The summed E-state index contributed by atoms with van der Waals surface area (Å²) in [6.45, 7) is 0.495. The van der Waals surface area contributed by atoms with Gasteiger partial charge in [0.25, 0.3) is 0 Å². The monoisotopic (exact) mass is 186 g/mol. The van der Waals surface area contributed by atoms with E-state index in [0.717, 1.165) is 6.42 Å². The summed E-state index contributed by atoms with van der Waals surface area (Å²) < 4.78 is 5.06. The van der Waals surface area contributed by atoms with Gasteiger partial charge in [0.1, 0.15) is 0 Å². The molecule has 2 N–H and O–H groups in total. The molecule has 0 aliphatic carbocycles. The van der Waals surface area contributed by atoms with Crippen molar-refractivity contribution < 1.29 is 24.5 Å². The van der Waals surface area contributed by atoms with Gasteiger partial charge in [0.15, 0.2) is 0 Å². The molecule has 1 fully saturated rings. The third-order valence-electron chi connectivity index (χ3n) is 1.80. The molecule has 1 saturated heterocycles. The Labute approximate surface area is 74.6 Å². The molecule has 0 bridgehead atoms. The second kappa shape index (κ2) is 4.04. The van der Waals surface area contributed by atoms with E-state index >= 15 is 0 Å². The predicted molar refractivity (Wildman–Crippen MR) is 42.3 cm³/mol. The molecule has 1 aliphatic rings. The summed E-state index contributed by atoms with van der Waals surface area (Å²) in [5, 5.41) is 17.1. The lowest BCUT2D eigenvalue weighted by Gasteiger charge is -2.08. The summed E-state index contributed by atoms with van der Waals surface area (Å²) in [6.07, 6.45) is 1.48. The molecule has 0 saturated carbocycles. The van der Waals surface area contributed by atoms with E-state index in [-0.39, 0.29) is 5.57 Å². The lowest BCUT2D eigenvalue weighted by molar-refractivity contribution is -0.136. The van der Waals surface area contributed by atoms with Crippen LogP contribution in [0.3, 0.4) is 0 Å². The van der Waals surface area contributed by atoms with Gasteiger partial charge in [-0.2, -0.15) is 0 Å². The summed E-state index contributed by atoms with van der Waals surface area (Å²) in [6, 6.07) is 0. The van der Waals surface area contributed by atoms with E-state index in [2.05, 4.69) is 0 Å². The maximum Gasteiger partial charge on any atom is 0.334 e. The Morgan fingerprint density at radius 3 is 2.46 bits per heavy atom. The zero-order chi connectivity index (χ0) is 9.84. The molecule has 1 atom stereocenters. The van der Waals surface area contributed by atoms with Crippen LogP contribution >= 0.6 is 0 Å². The highest BCUT2D eigenvalue weighted by Crippen LogP contribution is 2.19. The van der Waals surface area contributed by atoms with Crippen molar-refractivity contribution in [2.45, 2.75) is 18.9 Å². The highest BCUT2D eigenvalue weighted by atomic mass is 16.5. The highest BCUT2D eigenvalue weighted by Gasteiger charge is 2.25. The van der Waals surface area contributed by atoms with Crippen LogP contribution in [0.25, 0.3) is 0 Å². The van der Waals surface area contributed by atoms with E-state index in [1.54, 1.807) is 0 Å². The first-order chi connectivity index (χ1) is 6.11. The topological polar surface area (TPSA) is 83.8 Å². The molecule has 72 valence electrons. The third kappa shape index (κ3) is 2.55. The van der Waals surface area contributed by atoms with Crippen LogP contribution in [-0.4, -0.2) is 34.9 Å². The van der Waals surface area contributed by atoms with E-state index in [1.807, 2.05) is 0 Å². The van der Waals surface area contributed by atoms with Crippen LogP contribution < -0.4 is 0 Å². The third-order valence-corrected chi connectivity index (χ3v) is 1.80. The number of carbonyl (C=O) groups is 2. The van der Waals surface area contributed by atoms with Crippen LogP contribution in [0.15, 0.2) is 11.6 Å². The summed E-state index contributed by atoms with van der Waals surface area (Å²) in [5.74, 6) is -2.48. The fraction of sp³-hybridized carbons (Fsp3) is 0.500. The minimum Gasteiger partial charge on any atom is -0.478 e. The van der Waals surface area contributed by atoms with Crippen molar-refractivity contribution in [3.8, 4) is 0 Å². The Bertz CT molecular complexity index is 249. The summed E-state index contributed by atoms with van der Waals surface area (Å²) in [4.78, 5) is 20.9. The van der Waals surface area contributed by atoms with Crippen LogP contribution in [0.2, 0.25) is 0 Å². The Morgan fingerprint density at radius 1 is 1.38 bits per heavy atom. The number of ether oxygens (including phenoxy) is 1. The van der Waals surface area contributed by atoms with Gasteiger partial charge in [-0.05, 0) is 12.8 Å². The number of carboxylic acid groups (broad SMARTS) is 2. The van der Waals surface area contributed by atoms with Crippen molar-refractivity contribution in [3.05, 3.63) is 11.6 Å². The molecule has 1 rings (SSSR count). The lowest BCUT2D eigenvalue weighted by Crippen LogP contribution is -2.18. The Morgan fingerprint density at radius 2 is 2.08 bits per heavy atom. The zero-order valence-electron chi connectivity index (χ0n) is 6.90. The molecule has 0 radical (unpaired) electrons. The molecule has 5 heteroatoms. The maximum absolute atomic E-state index is 10.6. The van der Waals surface area contributed by atoms with Crippen molar-refractivity contribution in [3.63, 3.8) is 0 Å². The van der Waals surface area contributed by atoms with Crippen LogP contribution in [0.1, 0.15) is 12.8 Å². The predicted octanol–water partition coefficient (Wildman–Crippen LogP) is 0.261. The van der Waals surface area contributed by atoms with Gasteiger partial charge in [-0.15, -0.1) is 0 Å². The standard InChI is InChI=1S/C8H10O5/c9-7(10)4-5(8(11)12)6-2-1-3-13-6/h4,6H,1-3H2,(H,9,10)(H,11,12)/b5-4+. The van der Waals surface area contributed by atoms with Crippen molar-refractivity contribution in [2.75, 3.05) is 6.61 Å². The van der Waals surface area contributed by atoms with E-state index in [4.69, 9.17) is 14.9 Å². The zero-order valence-corrected chi connectivity index (χ0v) is 6.90. The first-order valence-electron chi connectivity index (χ1n) is 3.90. The minimum atomic E-state index is -1.26. The van der Waals surface area contributed by atoms with Gasteiger partial charge in [0, 0.05) is 12.7 Å². The van der Waals surface area contributed by atoms with E-state index in [9.17, 15) is 9.59 Å². The number of carboxylic acids is 2. The van der Waals surface area contributed by atoms with E-state index in [1.165, 1.54) is 0 Å².